The highest BCUT2D eigenvalue weighted by Crippen LogP contribution is 2.28. The van der Waals surface area contributed by atoms with Crippen LogP contribution in [0.5, 0.6) is 0 Å². The normalized spacial score (nSPS) is 20.1. The average Bonchev–Trinajstić information content (AvgIpc) is 3.29. The van der Waals surface area contributed by atoms with Gasteiger partial charge in [0.2, 0.25) is 0 Å². The Morgan fingerprint density at radius 2 is 2.00 bits per heavy atom. The number of hydrogen-bond acceptors (Lipinski definition) is 2. The molecule has 1 aromatic rings. The SMILES string of the molecule is O=C(c1cccc(Br)c1)N1CCC(NCC2CC2)CC1. The van der Waals surface area contributed by atoms with Crippen LogP contribution in [0.1, 0.15) is 36.0 Å². The van der Waals surface area contributed by atoms with Crippen molar-refractivity contribution in [2.75, 3.05) is 19.6 Å². The minimum atomic E-state index is 0.159. The first-order valence-electron chi connectivity index (χ1n) is 7.50. The lowest BCUT2D eigenvalue weighted by Gasteiger charge is -2.32. The number of nitrogens with zero attached hydrogens (tertiary/aromatic N) is 1. The maximum absolute atomic E-state index is 12.4. The van der Waals surface area contributed by atoms with Crippen LogP contribution in [0.2, 0.25) is 0 Å². The third-order valence-corrected chi connectivity index (χ3v) is 4.74. The molecule has 20 heavy (non-hydrogen) atoms. The van der Waals surface area contributed by atoms with E-state index in [0.29, 0.717) is 6.04 Å². The van der Waals surface area contributed by atoms with Crippen molar-refractivity contribution in [2.45, 2.75) is 31.7 Å². The first-order chi connectivity index (χ1) is 9.72. The van der Waals surface area contributed by atoms with Gasteiger partial charge in [-0.15, -0.1) is 0 Å². The monoisotopic (exact) mass is 336 g/mol. The van der Waals surface area contributed by atoms with E-state index in [1.807, 2.05) is 29.2 Å². The van der Waals surface area contributed by atoms with Crippen molar-refractivity contribution in [3.63, 3.8) is 0 Å². The van der Waals surface area contributed by atoms with Crippen LogP contribution in [0.4, 0.5) is 0 Å². The molecular weight excluding hydrogens is 316 g/mol. The van der Waals surface area contributed by atoms with Gasteiger partial charge in [0.25, 0.3) is 5.91 Å². The summed E-state index contributed by atoms with van der Waals surface area (Å²) in [6.07, 6.45) is 4.94. The Morgan fingerprint density at radius 3 is 2.65 bits per heavy atom. The molecule has 1 aromatic carbocycles. The minimum Gasteiger partial charge on any atom is -0.339 e. The highest BCUT2D eigenvalue weighted by Gasteiger charge is 2.26. The van der Waals surface area contributed by atoms with E-state index in [0.717, 1.165) is 41.9 Å². The second kappa shape index (κ2) is 6.27. The Morgan fingerprint density at radius 1 is 1.25 bits per heavy atom. The van der Waals surface area contributed by atoms with Gasteiger partial charge in [0.05, 0.1) is 0 Å². The Labute approximate surface area is 128 Å². The van der Waals surface area contributed by atoms with Gasteiger partial charge in [-0.05, 0) is 56.3 Å². The summed E-state index contributed by atoms with van der Waals surface area (Å²) in [5.41, 5.74) is 0.781. The van der Waals surface area contributed by atoms with Crippen molar-refractivity contribution in [3.8, 4) is 0 Å². The van der Waals surface area contributed by atoms with Crippen molar-refractivity contribution in [2.24, 2.45) is 5.92 Å². The second-order valence-electron chi connectivity index (χ2n) is 5.93. The smallest absolute Gasteiger partial charge is 0.253 e. The molecule has 0 radical (unpaired) electrons. The Bertz CT molecular complexity index is 479. The number of amides is 1. The molecule has 1 saturated heterocycles. The molecule has 2 aliphatic rings. The van der Waals surface area contributed by atoms with E-state index in [9.17, 15) is 4.79 Å². The molecule has 1 saturated carbocycles. The lowest BCUT2D eigenvalue weighted by Crippen LogP contribution is -2.45. The van der Waals surface area contributed by atoms with Crippen LogP contribution in [0.3, 0.4) is 0 Å². The number of likely N-dealkylation sites (tertiary alicyclic amines) is 1. The number of rotatable bonds is 4. The zero-order valence-electron chi connectivity index (χ0n) is 11.6. The number of carbonyl (C=O) groups is 1. The zero-order chi connectivity index (χ0) is 13.9. The van der Waals surface area contributed by atoms with Gasteiger partial charge in [-0.1, -0.05) is 22.0 Å². The molecule has 4 heteroatoms. The molecule has 0 spiro atoms. The summed E-state index contributed by atoms with van der Waals surface area (Å²) in [5.74, 6) is 1.09. The Balaban J connectivity index is 1.50. The van der Waals surface area contributed by atoms with Crippen LogP contribution >= 0.6 is 15.9 Å². The van der Waals surface area contributed by atoms with Crippen molar-refractivity contribution in [1.82, 2.24) is 10.2 Å². The summed E-state index contributed by atoms with van der Waals surface area (Å²) in [7, 11) is 0. The van der Waals surface area contributed by atoms with Crippen LogP contribution in [-0.2, 0) is 0 Å². The number of hydrogen-bond donors (Lipinski definition) is 1. The summed E-state index contributed by atoms with van der Waals surface area (Å²) in [6, 6.07) is 8.26. The first-order valence-corrected chi connectivity index (χ1v) is 8.30. The van der Waals surface area contributed by atoms with Crippen LogP contribution in [-0.4, -0.2) is 36.5 Å². The van der Waals surface area contributed by atoms with E-state index in [-0.39, 0.29) is 5.91 Å². The Hall–Kier alpha value is -0.870. The van der Waals surface area contributed by atoms with E-state index in [2.05, 4.69) is 21.2 Å². The number of carbonyl (C=O) groups excluding carboxylic acids is 1. The summed E-state index contributed by atoms with van der Waals surface area (Å²) in [6.45, 7) is 2.91. The number of nitrogens with one attached hydrogen (secondary N) is 1. The summed E-state index contributed by atoms with van der Waals surface area (Å²) >= 11 is 3.42. The maximum atomic E-state index is 12.4. The fourth-order valence-electron chi connectivity index (χ4n) is 2.75. The molecular formula is C16H21BrN2O. The van der Waals surface area contributed by atoms with Crippen LogP contribution in [0.25, 0.3) is 0 Å². The van der Waals surface area contributed by atoms with Gasteiger partial charge in [-0.2, -0.15) is 0 Å². The number of piperidine rings is 1. The van der Waals surface area contributed by atoms with Gasteiger partial charge in [0, 0.05) is 29.2 Å². The number of benzene rings is 1. The number of halogens is 1. The predicted octanol–water partition coefficient (Wildman–Crippen LogP) is 3.05. The second-order valence-corrected chi connectivity index (χ2v) is 6.84. The maximum Gasteiger partial charge on any atom is 0.253 e. The predicted molar refractivity (Wildman–Crippen MR) is 83.8 cm³/mol. The molecule has 108 valence electrons. The topological polar surface area (TPSA) is 32.3 Å². The van der Waals surface area contributed by atoms with Gasteiger partial charge in [-0.3, -0.25) is 4.79 Å². The molecule has 0 bridgehead atoms. The molecule has 1 N–H and O–H groups in total. The summed E-state index contributed by atoms with van der Waals surface area (Å²) < 4.78 is 0.962. The van der Waals surface area contributed by atoms with E-state index in [1.54, 1.807) is 0 Å². The summed E-state index contributed by atoms with van der Waals surface area (Å²) in [4.78, 5) is 14.4. The van der Waals surface area contributed by atoms with Gasteiger partial charge in [0.15, 0.2) is 0 Å². The zero-order valence-corrected chi connectivity index (χ0v) is 13.2. The molecule has 2 fully saturated rings. The molecule has 1 amide bonds. The van der Waals surface area contributed by atoms with Gasteiger partial charge >= 0.3 is 0 Å². The molecule has 1 aliphatic carbocycles. The quantitative estimate of drug-likeness (QED) is 0.916. The van der Waals surface area contributed by atoms with Gasteiger partial charge in [-0.25, -0.2) is 0 Å². The van der Waals surface area contributed by atoms with E-state index >= 15 is 0 Å². The Kier molecular flexibility index (Phi) is 4.41. The van der Waals surface area contributed by atoms with E-state index in [1.165, 1.54) is 19.4 Å². The highest BCUT2D eigenvalue weighted by atomic mass is 79.9. The standard InChI is InChI=1S/C16H21BrN2O/c17-14-3-1-2-13(10-14)16(20)19-8-6-15(7-9-19)18-11-12-4-5-12/h1-3,10,12,15,18H,4-9,11H2. The van der Waals surface area contributed by atoms with Gasteiger partial charge in [0.1, 0.15) is 0 Å². The fourth-order valence-corrected chi connectivity index (χ4v) is 3.15. The molecule has 1 heterocycles. The van der Waals surface area contributed by atoms with Crippen LogP contribution < -0.4 is 5.32 Å². The van der Waals surface area contributed by atoms with Crippen molar-refractivity contribution >= 4 is 21.8 Å². The largest absolute Gasteiger partial charge is 0.339 e. The fraction of sp³-hybridized carbons (Fsp3) is 0.562. The molecule has 1 aliphatic heterocycles. The van der Waals surface area contributed by atoms with Crippen molar-refractivity contribution < 1.29 is 4.79 Å². The van der Waals surface area contributed by atoms with Crippen LogP contribution in [0, 0.1) is 5.92 Å². The third-order valence-electron chi connectivity index (χ3n) is 4.25. The molecule has 0 aromatic heterocycles. The average molecular weight is 337 g/mol. The minimum absolute atomic E-state index is 0.159. The van der Waals surface area contributed by atoms with Crippen LogP contribution in [0.15, 0.2) is 28.7 Å². The first kappa shape index (κ1) is 14.1. The molecule has 3 nitrogen and oxygen atoms in total. The van der Waals surface area contributed by atoms with Crippen molar-refractivity contribution in [1.29, 1.82) is 0 Å². The lowest BCUT2D eigenvalue weighted by atomic mass is 10.0. The molecule has 3 rings (SSSR count). The van der Waals surface area contributed by atoms with E-state index in [4.69, 9.17) is 0 Å². The highest BCUT2D eigenvalue weighted by molar-refractivity contribution is 9.10. The lowest BCUT2D eigenvalue weighted by molar-refractivity contribution is 0.0705. The third kappa shape index (κ3) is 3.61. The molecule has 0 atom stereocenters. The molecule has 0 unspecified atom stereocenters. The van der Waals surface area contributed by atoms with Crippen molar-refractivity contribution in [3.05, 3.63) is 34.3 Å². The summed E-state index contributed by atoms with van der Waals surface area (Å²) in [5, 5.41) is 3.65. The van der Waals surface area contributed by atoms with E-state index < -0.39 is 0 Å². The van der Waals surface area contributed by atoms with Gasteiger partial charge < -0.3 is 10.2 Å².